The zero-order valence-electron chi connectivity index (χ0n) is 15.2. The summed E-state index contributed by atoms with van der Waals surface area (Å²) in [5.74, 6) is -1.30. The molecule has 1 aliphatic heterocycles. The number of piperidine rings is 1. The molecule has 27 heavy (non-hydrogen) atoms. The maximum Gasteiger partial charge on any atom is 0.317 e. The number of nitrogens with zero attached hydrogens (tertiary/aromatic N) is 4. The van der Waals surface area contributed by atoms with Crippen molar-refractivity contribution in [2.75, 3.05) is 26.2 Å². The lowest BCUT2D eigenvalue weighted by Gasteiger charge is -2.37. The number of carbonyl (C=O) groups excluding carboxylic acids is 1. The minimum atomic E-state index is -0.835. The molecule has 0 aliphatic carbocycles. The number of imidazole rings is 1. The van der Waals surface area contributed by atoms with Crippen LogP contribution in [0.15, 0.2) is 36.8 Å². The van der Waals surface area contributed by atoms with E-state index in [-0.39, 0.29) is 24.3 Å². The molecule has 0 bridgehead atoms. The van der Waals surface area contributed by atoms with Crippen LogP contribution in [0.25, 0.3) is 5.69 Å². The van der Waals surface area contributed by atoms with Crippen LogP contribution in [-0.4, -0.2) is 68.6 Å². The van der Waals surface area contributed by atoms with Gasteiger partial charge in [0.05, 0.1) is 19.1 Å². The summed E-state index contributed by atoms with van der Waals surface area (Å²) in [5, 5.41) is 9.03. The van der Waals surface area contributed by atoms with Crippen molar-refractivity contribution in [1.82, 2.24) is 19.4 Å². The monoisotopic (exact) mass is 374 g/mol. The Labute approximate surface area is 157 Å². The Balaban J connectivity index is 1.68. The molecule has 2 heterocycles. The first-order valence-electron chi connectivity index (χ1n) is 9.03. The van der Waals surface area contributed by atoms with Crippen molar-refractivity contribution in [3.63, 3.8) is 0 Å². The molecule has 3 rings (SSSR count). The van der Waals surface area contributed by atoms with Gasteiger partial charge >= 0.3 is 5.97 Å². The van der Waals surface area contributed by atoms with Crippen LogP contribution in [0.1, 0.15) is 30.3 Å². The molecule has 1 aromatic carbocycles. The number of amides is 1. The quantitative estimate of drug-likeness (QED) is 0.837. The van der Waals surface area contributed by atoms with Crippen molar-refractivity contribution in [3.8, 4) is 5.69 Å². The van der Waals surface area contributed by atoms with E-state index in [9.17, 15) is 14.0 Å². The molecule has 7 nitrogen and oxygen atoms in total. The standard InChI is InChI=1S/C19H23FN4O3/c1-2-22(12-18(25)26)15-7-9-23(10-8-15)19(27)17-11-21-13-24(17)16-5-3-14(20)4-6-16/h3-6,11,13,15H,2,7-10,12H2,1H3,(H,25,26). The fourth-order valence-electron chi connectivity index (χ4n) is 3.53. The Bertz CT molecular complexity index is 798. The molecular formula is C19H23FN4O3. The van der Waals surface area contributed by atoms with E-state index >= 15 is 0 Å². The molecule has 0 atom stereocenters. The number of likely N-dealkylation sites (N-methyl/N-ethyl adjacent to an activating group) is 1. The normalized spacial score (nSPS) is 15.3. The largest absolute Gasteiger partial charge is 0.480 e. The second-order valence-electron chi connectivity index (χ2n) is 6.61. The Kier molecular flexibility index (Phi) is 5.85. The highest BCUT2D eigenvalue weighted by molar-refractivity contribution is 5.93. The summed E-state index contributed by atoms with van der Waals surface area (Å²) in [6.45, 7) is 3.76. The highest BCUT2D eigenvalue weighted by Gasteiger charge is 2.29. The number of carboxylic acid groups (broad SMARTS) is 1. The average molecular weight is 374 g/mol. The van der Waals surface area contributed by atoms with Gasteiger partial charge in [0.15, 0.2) is 0 Å². The molecule has 0 unspecified atom stereocenters. The predicted octanol–water partition coefficient (Wildman–Crippen LogP) is 2.02. The van der Waals surface area contributed by atoms with E-state index in [1.165, 1.54) is 18.3 Å². The molecule has 0 saturated carbocycles. The number of likely N-dealkylation sites (tertiary alicyclic amines) is 1. The Morgan fingerprint density at radius 1 is 1.26 bits per heavy atom. The Morgan fingerprint density at radius 2 is 1.93 bits per heavy atom. The van der Waals surface area contributed by atoms with Crippen LogP contribution in [0, 0.1) is 5.82 Å². The van der Waals surface area contributed by atoms with E-state index in [1.807, 2.05) is 11.8 Å². The van der Waals surface area contributed by atoms with Gasteiger partial charge in [-0.25, -0.2) is 9.37 Å². The number of carbonyl (C=O) groups is 2. The van der Waals surface area contributed by atoms with E-state index in [4.69, 9.17) is 5.11 Å². The topological polar surface area (TPSA) is 78.7 Å². The minimum Gasteiger partial charge on any atom is -0.480 e. The smallest absolute Gasteiger partial charge is 0.317 e. The van der Waals surface area contributed by atoms with E-state index in [2.05, 4.69) is 4.98 Å². The fraction of sp³-hybridized carbons (Fsp3) is 0.421. The SMILES string of the molecule is CCN(CC(=O)O)C1CCN(C(=O)c2cncn2-c2ccc(F)cc2)CC1. The van der Waals surface area contributed by atoms with E-state index in [0.29, 0.717) is 31.0 Å². The van der Waals surface area contributed by atoms with Crippen LogP contribution in [0.5, 0.6) is 0 Å². The maximum absolute atomic E-state index is 13.1. The van der Waals surface area contributed by atoms with Crippen molar-refractivity contribution in [3.05, 3.63) is 48.3 Å². The first-order chi connectivity index (χ1) is 13.0. The molecule has 1 N–H and O–H groups in total. The molecule has 1 aromatic heterocycles. The van der Waals surface area contributed by atoms with Gasteiger partial charge in [-0.2, -0.15) is 0 Å². The summed E-state index contributed by atoms with van der Waals surface area (Å²) in [6.07, 6.45) is 4.52. The van der Waals surface area contributed by atoms with Crippen molar-refractivity contribution in [1.29, 1.82) is 0 Å². The molecule has 1 saturated heterocycles. The molecule has 1 fully saturated rings. The molecule has 8 heteroatoms. The summed E-state index contributed by atoms with van der Waals surface area (Å²) in [4.78, 5) is 31.7. The third-order valence-electron chi connectivity index (χ3n) is 4.98. The molecule has 0 radical (unpaired) electrons. The first-order valence-corrected chi connectivity index (χ1v) is 9.03. The Hall–Kier alpha value is -2.74. The number of aliphatic carboxylic acids is 1. The second-order valence-corrected chi connectivity index (χ2v) is 6.61. The van der Waals surface area contributed by atoms with Gasteiger partial charge in [0.25, 0.3) is 5.91 Å². The summed E-state index contributed by atoms with van der Waals surface area (Å²) < 4.78 is 14.8. The third-order valence-corrected chi connectivity index (χ3v) is 4.98. The number of benzene rings is 1. The molecule has 1 amide bonds. The van der Waals surface area contributed by atoms with Gasteiger partial charge < -0.3 is 10.0 Å². The lowest BCUT2D eigenvalue weighted by atomic mass is 10.0. The van der Waals surface area contributed by atoms with Gasteiger partial charge in [0.2, 0.25) is 0 Å². The van der Waals surface area contributed by atoms with Gasteiger partial charge in [-0.3, -0.25) is 19.1 Å². The zero-order chi connectivity index (χ0) is 19.4. The maximum atomic E-state index is 13.1. The highest BCUT2D eigenvalue weighted by Crippen LogP contribution is 2.20. The van der Waals surface area contributed by atoms with Crippen molar-refractivity contribution < 1.29 is 19.1 Å². The number of hydrogen-bond acceptors (Lipinski definition) is 4. The molecule has 144 valence electrons. The predicted molar refractivity (Wildman–Crippen MR) is 97.3 cm³/mol. The van der Waals surface area contributed by atoms with Gasteiger partial charge in [0.1, 0.15) is 11.5 Å². The number of aromatic nitrogens is 2. The number of carboxylic acids is 1. The van der Waals surface area contributed by atoms with E-state index in [0.717, 1.165) is 12.8 Å². The summed E-state index contributed by atoms with van der Waals surface area (Å²) in [5.41, 5.74) is 1.10. The van der Waals surface area contributed by atoms with Crippen LogP contribution < -0.4 is 0 Å². The number of halogens is 1. The highest BCUT2D eigenvalue weighted by atomic mass is 19.1. The lowest BCUT2D eigenvalue weighted by Crippen LogP contribution is -2.48. The van der Waals surface area contributed by atoms with E-state index < -0.39 is 5.97 Å². The Morgan fingerprint density at radius 3 is 2.52 bits per heavy atom. The average Bonchev–Trinajstić information content (AvgIpc) is 3.16. The summed E-state index contributed by atoms with van der Waals surface area (Å²) in [6, 6.07) is 6.06. The number of rotatable bonds is 6. The van der Waals surface area contributed by atoms with Gasteiger partial charge in [-0.1, -0.05) is 6.92 Å². The number of hydrogen-bond donors (Lipinski definition) is 1. The van der Waals surface area contributed by atoms with E-state index in [1.54, 1.807) is 27.9 Å². The minimum absolute atomic E-state index is 0.0203. The first kappa shape index (κ1) is 19.0. The van der Waals surface area contributed by atoms with Crippen LogP contribution in [0.3, 0.4) is 0 Å². The lowest BCUT2D eigenvalue weighted by molar-refractivity contribution is -0.139. The molecule has 0 spiro atoms. The second kappa shape index (κ2) is 8.30. The van der Waals surface area contributed by atoms with Crippen LogP contribution in [0.4, 0.5) is 4.39 Å². The zero-order valence-corrected chi connectivity index (χ0v) is 15.2. The van der Waals surface area contributed by atoms with Crippen molar-refractivity contribution in [2.24, 2.45) is 0 Å². The molecule has 1 aliphatic rings. The van der Waals surface area contributed by atoms with Gasteiger partial charge in [-0.15, -0.1) is 0 Å². The summed E-state index contributed by atoms with van der Waals surface area (Å²) >= 11 is 0. The fourth-order valence-corrected chi connectivity index (χ4v) is 3.53. The van der Waals surface area contributed by atoms with Crippen LogP contribution in [0.2, 0.25) is 0 Å². The third kappa shape index (κ3) is 4.33. The molecular weight excluding hydrogens is 351 g/mol. The van der Waals surface area contributed by atoms with Crippen LogP contribution >= 0.6 is 0 Å². The van der Waals surface area contributed by atoms with Crippen LogP contribution in [-0.2, 0) is 4.79 Å². The van der Waals surface area contributed by atoms with Crippen molar-refractivity contribution in [2.45, 2.75) is 25.8 Å². The van der Waals surface area contributed by atoms with Gasteiger partial charge in [0, 0.05) is 24.8 Å². The van der Waals surface area contributed by atoms with Gasteiger partial charge in [-0.05, 0) is 43.7 Å². The van der Waals surface area contributed by atoms with Crippen molar-refractivity contribution >= 4 is 11.9 Å². The molecule has 2 aromatic rings. The summed E-state index contributed by atoms with van der Waals surface area (Å²) in [7, 11) is 0.